The van der Waals surface area contributed by atoms with E-state index in [0.29, 0.717) is 0 Å². The van der Waals surface area contributed by atoms with Gasteiger partial charge in [0.25, 0.3) is 5.97 Å². The molecule has 0 spiro atoms. The third-order valence-electron chi connectivity index (χ3n) is 3.09. The summed E-state index contributed by atoms with van der Waals surface area (Å²) in [6, 6.07) is 1.95. The molecule has 1 atom stereocenters. The van der Waals surface area contributed by atoms with E-state index >= 15 is 0 Å². The molecule has 1 rings (SSSR count). The summed E-state index contributed by atoms with van der Waals surface area (Å²) in [4.78, 5) is 0. The van der Waals surface area contributed by atoms with Crippen LogP contribution in [0.15, 0.2) is 0 Å². The summed E-state index contributed by atoms with van der Waals surface area (Å²) in [6.45, 7) is 0. The maximum Gasteiger partial charge on any atom is 0.342 e. The smallest absolute Gasteiger partial charge is 0.342 e. The molecule has 1 aliphatic rings. The lowest BCUT2D eigenvalue weighted by Crippen LogP contribution is -2.55. The Morgan fingerprint density at radius 3 is 2.50 bits per heavy atom. The Labute approximate surface area is 104 Å². The molecule has 6 heteroatoms. The Bertz CT molecular complexity index is 213. The standard InChI is InChI=1S/C10H22O4SSi/c1-11-10(12-2)6-4-8-16(13-3,14-10)9-5-7-15/h15H,4-9H2,1-3H3. The molecule has 0 saturated carbocycles. The Morgan fingerprint density at radius 1 is 1.31 bits per heavy atom. The molecule has 0 aromatic heterocycles. The first-order valence-electron chi connectivity index (χ1n) is 5.62. The second-order valence-electron chi connectivity index (χ2n) is 3.99. The fraction of sp³-hybridized carbons (Fsp3) is 1.00. The van der Waals surface area contributed by atoms with E-state index in [1.165, 1.54) is 0 Å². The molecule has 1 fully saturated rings. The molecule has 0 radical (unpaired) electrons. The summed E-state index contributed by atoms with van der Waals surface area (Å²) < 4.78 is 22.4. The van der Waals surface area contributed by atoms with Crippen LogP contribution in [0.5, 0.6) is 0 Å². The fourth-order valence-electron chi connectivity index (χ4n) is 2.10. The summed E-state index contributed by atoms with van der Waals surface area (Å²) in [5.74, 6) is -0.0362. The predicted octanol–water partition coefficient (Wildman–Crippen LogP) is 2.15. The van der Waals surface area contributed by atoms with Gasteiger partial charge < -0.3 is 18.3 Å². The highest BCUT2D eigenvalue weighted by Gasteiger charge is 2.49. The van der Waals surface area contributed by atoms with Crippen molar-refractivity contribution in [2.24, 2.45) is 0 Å². The normalized spacial score (nSPS) is 29.2. The molecule has 0 amide bonds. The predicted molar refractivity (Wildman–Crippen MR) is 67.9 cm³/mol. The van der Waals surface area contributed by atoms with Gasteiger partial charge in [0, 0.05) is 27.8 Å². The van der Waals surface area contributed by atoms with Crippen LogP contribution in [0.3, 0.4) is 0 Å². The quantitative estimate of drug-likeness (QED) is 0.454. The van der Waals surface area contributed by atoms with Crippen LogP contribution in [-0.2, 0) is 18.3 Å². The second-order valence-corrected chi connectivity index (χ2v) is 7.87. The lowest BCUT2D eigenvalue weighted by molar-refractivity contribution is -0.341. The van der Waals surface area contributed by atoms with Crippen LogP contribution >= 0.6 is 12.6 Å². The van der Waals surface area contributed by atoms with Crippen LogP contribution in [0.4, 0.5) is 0 Å². The monoisotopic (exact) mass is 266 g/mol. The summed E-state index contributed by atoms with van der Waals surface area (Å²) in [7, 11) is 2.80. The van der Waals surface area contributed by atoms with Gasteiger partial charge in [-0.3, -0.25) is 0 Å². The van der Waals surface area contributed by atoms with Crippen LogP contribution in [-0.4, -0.2) is 41.6 Å². The van der Waals surface area contributed by atoms with E-state index in [1.54, 1.807) is 21.3 Å². The van der Waals surface area contributed by atoms with Crippen molar-refractivity contribution < 1.29 is 18.3 Å². The molecule has 16 heavy (non-hydrogen) atoms. The van der Waals surface area contributed by atoms with Crippen molar-refractivity contribution in [1.29, 1.82) is 0 Å². The van der Waals surface area contributed by atoms with E-state index in [0.717, 1.165) is 37.1 Å². The molecule has 0 aliphatic carbocycles. The molecule has 4 nitrogen and oxygen atoms in total. The molecular weight excluding hydrogens is 244 g/mol. The lowest BCUT2D eigenvalue weighted by Gasteiger charge is -2.43. The second kappa shape index (κ2) is 6.37. The average Bonchev–Trinajstić information content (AvgIpc) is 2.36. The van der Waals surface area contributed by atoms with Crippen molar-refractivity contribution in [3.05, 3.63) is 0 Å². The first-order valence-corrected chi connectivity index (χ1v) is 8.49. The minimum atomic E-state index is -2.15. The summed E-state index contributed by atoms with van der Waals surface area (Å²) in [5.41, 5.74) is 0. The average molecular weight is 266 g/mol. The highest BCUT2D eigenvalue weighted by Crippen LogP contribution is 2.37. The third kappa shape index (κ3) is 3.21. The van der Waals surface area contributed by atoms with Crippen molar-refractivity contribution in [1.82, 2.24) is 0 Å². The Morgan fingerprint density at radius 2 is 2.00 bits per heavy atom. The van der Waals surface area contributed by atoms with E-state index in [2.05, 4.69) is 12.6 Å². The molecule has 0 aromatic rings. The zero-order chi connectivity index (χ0) is 12.1. The van der Waals surface area contributed by atoms with E-state index in [9.17, 15) is 0 Å². The number of ether oxygens (including phenoxy) is 2. The van der Waals surface area contributed by atoms with E-state index < -0.39 is 14.5 Å². The number of hydrogen-bond acceptors (Lipinski definition) is 5. The first kappa shape index (κ1) is 14.5. The van der Waals surface area contributed by atoms with Gasteiger partial charge in [0.1, 0.15) is 0 Å². The summed E-state index contributed by atoms with van der Waals surface area (Å²) in [6.07, 6.45) is 2.79. The van der Waals surface area contributed by atoms with Crippen molar-refractivity contribution in [3.63, 3.8) is 0 Å². The fourth-order valence-corrected chi connectivity index (χ4v) is 5.77. The number of thiol groups is 1. The molecule has 1 heterocycles. The van der Waals surface area contributed by atoms with Crippen LogP contribution < -0.4 is 0 Å². The number of hydrogen-bond donors (Lipinski definition) is 1. The molecule has 1 saturated heterocycles. The first-order chi connectivity index (χ1) is 7.66. The van der Waals surface area contributed by atoms with Gasteiger partial charge in [-0.1, -0.05) is 0 Å². The third-order valence-corrected chi connectivity index (χ3v) is 7.07. The van der Waals surface area contributed by atoms with Crippen LogP contribution in [0.1, 0.15) is 19.3 Å². The molecule has 0 N–H and O–H groups in total. The Kier molecular flexibility index (Phi) is 5.76. The van der Waals surface area contributed by atoms with Crippen molar-refractivity contribution in [2.75, 3.05) is 27.1 Å². The minimum absolute atomic E-state index is 0.763. The molecule has 96 valence electrons. The van der Waals surface area contributed by atoms with Gasteiger partial charge in [0.2, 0.25) is 0 Å². The van der Waals surface area contributed by atoms with Crippen LogP contribution in [0.2, 0.25) is 12.1 Å². The van der Waals surface area contributed by atoms with Crippen molar-refractivity contribution >= 4 is 21.2 Å². The van der Waals surface area contributed by atoms with Gasteiger partial charge in [-0.2, -0.15) is 12.6 Å². The maximum absolute atomic E-state index is 6.05. The van der Waals surface area contributed by atoms with Crippen LogP contribution in [0.25, 0.3) is 0 Å². The highest BCUT2D eigenvalue weighted by atomic mass is 32.1. The Balaban J connectivity index is 2.70. The SMILES string of the molecule is COC1(OC)CCC[Si](CCCS)(OC)O1. The molecule has 0 bridgehead atoms. The van der Waals surface area contributed by atoms with Gasteiger partial charge in [-0.05, 0) is 30.7 Å². The van der Waals surface area contributed by atoms with Gasteiger partial charge in [-0.15, -0.1) is 0 Å². The lowest BCUT2D eigenvalue weighted by atomic mass is 10.3. The largest absolute Gasteiger partial charge is 0.397 e. The number of methoxy groups -OCH3 is 2. The molecule has 1 aliphatic heterocycles. The molecule has 1 unspecified atom stereocenters. The summed E-state index contributed by atoms with van der Waals surface area (Å²) in [5, 5.41) is 0. The van der Waals surface area contributed by atoms with Gasteiger partial charge >= 0.3 is 8.56 Å². The van der Waals surface area contributed by atoms with Gasteiger partial charge in [0.05, 0.1) is 0 Å². The van der Waals surface area contributed by atoms with E-state index in [-0.39, 0.29) is 0 Å². The summed E-state index contributed by atoms with van der Waals surface area (Å²) >= 11 is 4.23. The highest BCUT2D eigenvalue weighted by molar-refractivity contribution is 7.80. The Hall–Kier alpha value is 0.407. The van der Waals surface area contributed by atoms with Gasteiger partial charge in [0.15, 0.2) is 0 Å². The van der Waals surface area contributed by atoms with Crippen LogP contribution in [0, 0.1) is 0 Å². The van der Waals surface area contributed by atoms with Gasteiger partial charge in [-0.25, -0.2) is 0 Å². The molecular formula is C10H22O4SSi. The topological polar surface area (TPSA) is 36.9 Å². The zero-order valence-corrected chi connectivity index (χ0v) is 12.2. The number of rotatable bonds is 6. The maximum atomic E-state index is 6.05. The zero-order valence-electron chi connectivity index (χ0n) is 10.3. The van der Waals surface area contributed by atoms with E-state index in [4.69, 9.17) is 18.3 Å². The van der Waals surface area contributed by atoms with Crippen molar-refractivity contribution in [3.8, 4) is 0 Å². The molecule has 0 aromatic carbocycles. The van der Waals surface area contributed by atoms with E-state index in [1.807, 2.05) is 0 Å². The van der Waals surface area contributed by atoms with Crippen molar-refractivity contribution in [2.45, 2.75) is 37.3 Å². The minimum Gasteiger partial charge on any atom is -0.397 e.